The number of thiazole rings is 1. The molecule has 2 aliphatic heterocycles. The zero-order valence-electron chi connectivity index (χ0n) is 26.5. The molecule has 2 bridgehead atoms. The molecule has 6 unspecified atom stereocenters. The Kier molecular flexibility index (Phi) is 8.20. The number of amides is 3. The highest BCUT2D eigenvalue weighted by molar-refractivity contribution is 8.00. The molecule has 4 aliphatic rings. The Balaban J connectivity index is 1.08. The topological polar surface area (TPSA) is 127 Å². The molecule has 3 amide bonds. The summed E-state index contributed by atoms with van der Waals surface area (Å²) in [5, 5.41) is 4.22. The van der Waals surface area contributed by atoms with E-state index in [9.17, 15) is 19.2 Å². The Labute approximate surface area is 295 Å². The summed E-state index contributed by atoms with van der Waals surface area (Å²) in [4.78, 5) is 58.6. The molecule has 0 radical (unpaired) electrons. The van der Waals surface area contributed by atoms with Gasteiger partial charge in [-0.2, -0.15) is 0 Å². The monoisotopic (exact) mass is 717 g/mol. The molecule has 10 nitrogen and oxygen atoms in total. The molecule has 2 N–H and O–H groups in total. The van der Waals surface area contributed by atoms with Crippen molar-refractivity contribution in [3.05, 3.63) is 91.9 Å². The van der Waals surface area contributed by atoms with E-state index in [0.29, 0.717) is 40.3 Å². The van der Waals surface area contributed by atoms with Gasteiger partial charge in [0, 0.05) is 26.8 Å². The van der Waals surface area contributed by atoms with Gasteiger partial charge >= 0.3 is 4.87 Å². The molecule has 252 valence electrons. The van der Waals surface area contributed by atoms with Crippen molar-refractivity contribution in [1.29, 1.82) is 0 Å². The van der Waals surface area contributed by atoms with E-state index in [1.165, 1.54) is 16.2 Å². The average Bonchev–Trinajstić information content (AvgIpc) is 3.84. The Bertz CT molecular complexity index is 2010. The summed E-state index contributed by atoms with van der Waals surface area (Å²) in [6, 6.07) is 19.5. The van der Waals surface area contributed by atoms with Gasteiger partial charge in [-0.05, 0) is 97.3 Å². The van der Waals surface area contributed by atoms with Crippen molar-refractivity contribution < 1.29 is 28.6 Å². The van der Waals surface area contributed by atoms with E-state index in [2.05, 4.69) is 10.3 Å². The minimum atomic E-state index is -0.423. The van der Waals surface area contributed by atoms with Gasteiger partial charge in [0.15, 0.2) is 18.1 Å². The Morgan fingerprint density at radius 3 is 2.41 bits per heavy atom. The number of ether oxygens (including phenoxy) is 3. The van der Waals surface area contributed by atoms with Crippen LogP contribution in [0.3, 0.4) is 0 Å². The van der Waals surface area contributed by atoms with Gasteiger partial charge < -0.3 is 24.5 Å². The van der Waals surface area contributed by atoms with Crippen molar-refractivity contribution in [3.63, 3.8) is 0 Å². The second-order valence-corrected chi connectivity index (χ2v) is 15.3. The predicted octanol–water partition coefficient (Wildman–Crippen LogP) is 6.19. The van der Waals surface area contributed by atoms with Crippen LogP contribution in [0.15, 0.2) is 76.6 Å². The van der Waals surface area contributed by atoms with Crippen molar-refractivity contribution in [2.45, 2.75) is 29.5 Å². The summed E-state index contributed by atoms with van der Waals surface area (Å²) < 4.78 is 17.2. The average molecular weight is 718 g/mol. The third-order valence-electron chi connectivity index (χ3n) is 10.2. The molecule has 2 aliphatic carbocycles. The largest absolute Gasteiger partial charge is 0.497 e. The summed E-state index contributed by atoms with van der Waals surface area (Å²) >= 11 is 8.94. The van der Waals surface area contributed by atoms with Gasteiger partial charge in [-0.3, -0.25) is 24.1 Å². The number of halogens is 1. The highest BCUT2D eigenvalue weighted by Crippen LogP contribution is 2.68. The number of rotatable bonds is 9. The molecular weight excluding hydrogens is 686 g/mol. The smallest absolute Gasteiger partial charge is 0.305 e. The van der Waals surface area contributed by atoms with Gasteiger partial charge in [0.05, 0.1) is 36.3 Å². The number of imide groups is 1. The molecule has 4 aromatic rings. The fourth-order valence-corrected chi connectivity index (χ4v) is 11.4. The number of methoxy groups -OCH3 is 1. The maximum absolute atomic E-state index is 14.0. The van der Waals surface area contributed by atoms with Crippen LogP contribution in [0.2, 0.25) is 5.02 Å². The standard InChI is InChI=1S/C36H32ClN3O7S2/c1-3-46-25-14-17(4-13-24(25)47-16-26(41)38-19-7-11-21(45-2)12-8-19)27-28-22-15-23(31(28)48-33-32(27)49-36(44)39-33)30-29(22)34(42)40(35(30)43)20-9-5-18(37)6-10-20/h4-14,22-23,27-31H,3,15-16H2,1-2H3,(H,38,41)(H,39,44)/t22?,23?,27-,28?,29?,30?,31?/m1/s1. The van der Waals surface area contributed by atoms with Crippen LogP contribution in [-0.2, 0) is 14.4 Å². The molecule has 3 aromatic carbocycles. The van der Waals surface area contributed by atoms with Crippen molar-refractivity contribution in [2.24, 2.45) is 29.6 Å². The minimum Gasteiger partial charge on any atom is -0.497 e. The van der Waals surface area contributed by atoms with Crippen LogP contribution in [0.4, 0.5) is 11.4 Å². The third-order valence-corrected chi connectivity index (χ3v) is 13.0. The molecule has 1 aromatic heterocycles. The fourth-order valence-electron chi connectivity index (χ4n) is 8.36. The molecule has 2 saturated carbocycles. The number of carbonyl (C=O) groups is 3. The summed E-state index contributed by atoms with van der Waals surface area (Å²) in [5.74, 6) is -0.0817. The number of carbonyl (C=O) groups excluding carboxylic acids is 3. The molecule has 8 rings (SSSR count). The van der Waals surface area contributed by atoms with Crippen LogP contribution in [0.25, 0.3) is 0 Å². The first kappa shape index (κ1) is 32.0. The zero-order chi connectivity index (χ0) is 34.0. The number of hydrogen-bond donors (Lipinski definition) is 2. The van der Waals surface area contributed by atoms with Crippen molar-refractivity contribution in [2.75, 3.05) is 30.5 Å². The van der Waals surface area contributed by atoms with Gasteiger partial charge in [-0.25, -0.2) is 0 Å². The van der Waals surface area contributed by atoms with Crippen LogP contribution < -0.4 is 29.3 Å². The first-order valence-electron chi connectivity index (χ1n) is 16.1. The Morgan fingerprint density at radius 1 is 0.959 bits per heavy atom. The number of aromatic amines is 1. The van der Waals surface area contributed by atoms with Gasteiger partial charge in [0.25, 0.3) is 5.91 Å². The number of aromatic nitrogens is 1. The number of anilines is 2. The summed E-state index contributed by atoms with van der Waals surface area (Å²) in [7, 11) is 1.58. The second kappa shape index (κ2) is 12.6. The minimum absolute atomic E-state index is 0.00372. The van der Waals surface area contributed by atoms with Crippen LogP contribution in [-0.4, -0.2) is 48.3 Å². The van der Waals surface area contributed by atoms with Gasteiger partial charge in [-0.1, -0.05) is 29.0 Å². The molecule has 3 heterocycles. The van der Waals surface area contributed by atoms with Crippen molar-refractivity contribution in [3.8, 4) is 17.2 Å². The number of hydrogen-bond acceptors (Lipinski definition) is 9. The van der Waals surface area contributed by atoms with Crippen LogP contribution >= 0.6 is 34.7 Å². The number of benzene rings is 3. The lowest BCUT2D eigenvalue weighted by Crippen LogP contribution is -2.42. The number of H-pyrrole nitrogens is 1. The van der Waals surface area contributed by atoms with Gasteiger partial charge in [-0.15, -0.1) is 11.8 Å². The highest BCUT2D eigenvalue weighted by Gasteiger charge is 2.69. The van der Waals surface area contributed by atoms with E-state index in [4.69, 9.17) is 25.8 Å². The maximum atomic E-state index is 14.0. The van der Waals surface area contributed by atoms with Crippen LogP contribution in [0.1, 0.15) is 29.7 Å². The van der Waals surface area contributed by atoms with Crippen molar-refractivity contribution in [1.82, 2.24) is 4.98 Å². The van der Waals surface area contributed by atoms with Gasteiger partial charge in [0.1, 0.15) is 5.75 Å². The number of fused-ring (bicyclic) bond motifs is 9. The lowest BCUT2D eigenvalue weighted by molar-refractivity contribution is -0.123. The third kappa shape index (κ3) is 5.40. The first-order valence-corrected chi connectivity index (χ1v) is 18.2. The SMILES string of the molecule is CCOc1cc([C@H]2c3sc(=O)[nH]c3SC3C4CC(C5C(=O)N(c6ccc(Cl)cc6)C(=O)C45)C32)ccc1OCC(=O)Nc1ccc(OC)cc1. The Hall–Kier alpha value is -4.26. The van der Waals surface area contributed by atoms with Crippen LogP contribution in [0, 0.1) is 29.6 Å². The van der Waals surface area contributed by atoms with Crippen LogP contribution in [0.5, 0.6) is 17.2 Å². The summed E-state index contributed by atoms with van der Waals surface area (Å²) in [5.41, 5.74) is 2.09. The Morgan fingerprint density at radius 2 is 1.69 bits per heavy atom. The molecule has 49 heavy (non-hydrogen) atoms. The molecular formula is C36H32ClN3O7S2. The number of thioether (sulfide) groups is 1. The van der Waals surface area contributed by atoms with Crippen molar-refractivity contribution >= 4 is 63.8 Å². The molecule has 3 fully saturated rings. The van der Waals surface area contributed by atoms with E-state index in [1.807, 2.05) is 19.1 Å². The normalized spacial score (nSPS) is 26.3. The molecule has 1 saturated heterocycles. The lowest BCUT2D eigenvalue weighted by atomic mass is 9.68. The molecule has 13 heteroatoms. The second-order valence-electron chi connectivity index (χ2n) is 12.7. The predicted molar refractivity (Wildman–Crippen MR) is 187 cm³/mol. The summed E-state index contributed by atoms with van der Waals surface area (Å²) in [6.07, 6.45) is 0.780. The zero-order valence-corrected chi connectivity index (χ0v) is 28.9. The highest BCUT2D eigenvalue weighted by atomic mass is 35.5. The van der Waals surface area contributed by atoms with E-state index in [1.54, 1.807) is 73.5 Å². The van der Waals surface area contributed by atoms with E-state index < -0.39 is 11.8 Å². The van der Waals surface area contributed by atoms with Gasteiger partial charge in [0.2, 0.25) is 11.8 Å². The fraction of sp³-hybridized carbons (Fsp3) is 0.333. The summed E-state index contributed by atoms with van der Waals surface area (Å²) in [6.45, 7) is 2.02. The van der Waals surface area contributed by atoms with E-state index in [-0.39, 0.29) is 58.1 Å². The van der Waals surface area contributed by atoms with E-state index in [0.717, 1.165) is 21.9 Å². The van der Waals surface area contributed by atoms with E-state index >= 15 is 0 Å². The quantitative estimate of drug-likeness (QED) is 0.196. The number of nitrogens with one attached hydrogen (secondary N) is 2. The first-order chi connectivity index (χ1) is 23.7. The lowest BCUT2D eigenvalue weighted by Gasteiger charge is -2.43. The molecule has 7 atom stereocenters. The molecule has 0 spiro atoms. The maximum Gasteiger partial charge on any atom is 0.305 e. The number of nitrogens with zero attached hydrogens (tertiary/aromatic N) is 1.